The smallest absolute Gasteiger partial charge is 0.140 e. The van der Waals surface area contributed by atoms with E-state index in [-0.39, 0.29) is 0 Å². The summed E-state index contributed by atoms with van der Waals surface area (Å²) in [5, 5.41) is 3.43. The quantitative estimate of drug-likeness (QED) is 0.876. The summed E-state index contributed by atoms with van der Waals surface area (Å²) in [7, 11) is 0. The highest BCUT2D eigenvalue weighted by Gasteiger charge is 2.11. The molecule has 90 valence electrons. The van der Waals surface area contributed by atoms with Gasteiger partial charge < -0.3 is 11.1 Å². The third kappa shape index (κ3) is 3.28. The first-order valence-corrected chi connectivity index (χ1v) is 7.44. The van der Waals surface area contributed by atoms with Crippen molar-refractivity contribution in [3.63, 3.8) is 0 Å². The maximum atomic E-state index is 5.79. The van der Waals surface area contributed by atoms with Gasteiger partial charge in [-0.3, -0.25) is 0 Å². The lowest BCUT2D eigenvalue weighted by atomic mass is 10.2. The molecule has 3 N–H and O–H groups in total. The van der Waals surface area contributed by atoms with Gasteiger partial charge in [-0.15, -0.1) is 0 Å². The normalized spacial score (nSPS) is 12.5. The first-order chi connectivity index (χ1) is 7.60. The zero-order valence-electron chi connectivity index (χ0n) is 9.88. The Morgan fingerprint density at radius 1 is 1.62 bits per heavy atom. The molecule has 1 atom stereocenters. The van der Waals surface area contributed by atoms with Crippen molar-refractivity contribution in [1.29, 1.82) is 0 Å². The molecule has 0 radical (unpaired) electrons. The number of thioether (sulfide) groups is 1. The van der Waals surface area contributed by atoms with Gasteiger partial charge in [0.1, 0.15) is 5.82 Å². The second kappa shape index (κ2) is 6.35. The van der Waals surface area contributed by atoms with Crippen LogP contribution in [0.5, 0.6) is 0 Å². The van der Waals surface area contributed by atoms with Crippen LogP contribution in [0.2, 0.25) is 0 Å². The van der Waals surface area contributed by atoms with E-state index in [1.54, 1.807) is 6.20 Å². The average Bonchev–Trinajstić information content (AvgIpc) is 2.29. The monoisotopic (exact) mass is 303 g/mol. The highest BCUT2D eigenvalue weighted by atomic mass is 79.9. The lowest BCUT2D eigenvalue weighted by Crippen LogP contribution is -2.22. The number of hydrogen-bond donors (Lipinski definition) is 2. The minimum absolute atomic E-state index is 0.446. The fourth-order valence-corrected chi connectivity index (χ4v) is 2.52. The molecule has 1 unspecified atom stereocenters. The Labute approximate surface area is 110 Å². The van der Waals surface area contributed by atoms with Crippen LogP contribution in [0.4, 0.5) is 11.5 Å². The third-order valence-corrected chi connectivity index (χ3v) is 4.21. The molecule has 0 aromatic carbocycles. The van der Waals surface area contributed by atoms with Crippen LogP contribution in [-0.4, -0.2) is 23.0 Å². The number of rotatable bonds is 5. The largest absolute Gasteiger partial charge is 0.397 e. The summed E-state index contributed by atoms with van der Waals surface area (Å²) >= 11 is 5.36. The van der Waals surface area contributed by atoms with Crippen molar-refractivity contribution in [2.45, 2.75) is 26.3 Å². The highest BCUT2D eigenvalue weighted by Crippen LogP contribution is 2.28. The molecule has 1 heterocycles. The summed E-state index contributed by atoms with van der Waals surface area (Å²) < 4.78 is 0.965. The minimum atomic E-state index is 0.446. The minimum Gasteiger partial charge on any atom is -0.397 e. The van der Waals surface area contributed by atoms with Crippen molar-refractivity contribution in [3.05, 3.63) is 16.2 Å². The second-order valence-electron chi connectivity index (χ2n) is 3.71. The SMILES string of the molecule is CCC(CSC)Nc1ncc(N)c(C)c1Br. The van der Waals surface area contributed by atoms with E-state index < -0.39 is 0 Å². The molecule has 0 fully saturated rings. The molecule has 0 aliphatic rings. The van der Waals surface area contributed by atoms with E-state index >= 15 is 0 Å². The van der Waals surface area contributed by atoms with E-state index in [0.29, 0.717) is 6.04 Å². The van der Waals surface area contributed by atoms with Gasteiger partial charge in [0, 0.05) is 11.8 Å². The number of anilines is 2. The van der Waals surface area contributed by atoms with Crippen LogP contribution in [0.1, 0.15) is 18.9 Å². The molecule has 1 rings (SSSR count). The summed E-state index contributed by atoms with van der Waals surface area (Å²) in [5.41, 5.74) is 7.54. The Bertz CT molecular complexity index is 357. The molecule has 0 aliphatic heterocycles. The van der Waals surface area contributed by atoms with Gasteiger partial charge in [0.2, 0.25) is 0 Å². The zero-order valence-corrected chi connectivity index (χ0v) is 12.3. The summed E-state index contributed by atoms with van der Waals surface area (Å²) in [6, 6.07) is 0.446. The molecular weight excluding hydrogens is 286 g/mol. The molecule has 0 spiro atoms. The molecule has 0 bridgehead atoms. The summed E-state index contributed by atoms with van der Waals surface area (Å²) in [6.45, 7) is 4.16. The summed E-state index contributed by atoms with van der Waals surface area (Å²) in [6.07, 6.45) is 4.90. The fourth-order valence-electron chi connectivity index (χ4n) is 1.35. The van der Waals surface area contributed by atoms with Crippen molar-refractivity contribution in [2.24, 2.45) is 0 Å². The molecule has 0 saturated carbocycles. The molecule has 1 aromatic heterocycles. The van der Waals surface area contributed by atoms with Crippen LogP contribution in [0.3, 0.4) is 0 Å². The average molecular weight is 304 g/mol. The first kappa shape index (κ1) is 13.6. The van der Waals surface area contributed by atoms with E-state index in [1.165, 1.54) is 0 Å². The van der Waals surface area contributed by atoms with E-state index in [0.717, 1.165) is 33.7 Å². The van der Waals surface area contributed by atoms with Crippen molar-refractivity contribution >= 4 is 39.2 Å². The Hall–Kier alpha value is -0.420. The summed E-state index contributed by atoms with van der Waals surface area (Å²) in [5.74, 6) is 1.96. The molecule has 5 heteroatoms. The summed E-state index contributed by atoms with van der Waals surface area (Å²) in [4.78, 5) is 4.32. The fraction of sp³-hybridized carbons (Fsp3) is 0.545. The van der Waals surface area contributed by atoms with Gasteiger partial charge in [-0.1, -0.05) is 6.92 Å². The molecule has 3 nitrogen and oxygen atoms in total. The molecular formula is C11H18BrN3S. The third-order valence-electron chi connectivity index (χ3n) is 2.50. The van der Waals surface area contributed by atoms with Gasteiger partial charge in [-0.25, -0.2) is 4.98 Å². The Kier molecular flexibility index (Phi) is 5.41. The number of aromatic nitrogens is 1. The Balaban J connectivity index is 2.84. The van der Waals surface area contributed by atoms with Crippen molar-refractivity contribution in [3.8, 4) is 0 Å². The molecule has 1 aromatic rings. The Morgan fingerprint density at radius 3 is 2.88 bits per heavy atom. The molecule has 16 heavy (non-hydrogen) atoms. The highest BCUT2D eigenvalue weighted by molar-refractivity contribution is 9.10. The van der Waals surface area contributed by atoms with Crippen LogP contribution < -0.4 is 11.1 Å². The number of nitrogens with zero attached hydrogens (tertiary/aromatic N) is 1. The van der Waals surface area contributed by atoms with Crippen LogP contribution in [0.15, 0.2) is 10.7 Å². The van der Waals surface area contributed by atoms with Gasteiger partial charge in [-0.2, -0.15) is 11.8 Å². The maximum absolute atomic E-state index is 5.79. The zero-order chi connectivity index (χ0) is 12.1. The van der Waals surface area contributed by atoms with E-state index in [4.69, 9.17) is 5.73 Å². The predicted molar refractivity (Wildman–Crippen MR) is 77.2 cm³/mol. The van der Waals surface area contributed by atoms with Crippen LogP contribution in [0, 0.1) is 6.92 Å². The number of nitrogens with one attached hydrogen (secondary N) is 1. The van der Waals surface area contributed by atoms with Crippen LogP contribution in [0.25, 0.3) is 0 Å². The maximum Gasteiger partial charge on any atom is 0.140 e. The lowest BCUT2D eigenvalue weighted by molar-refractivity contribution is 0.769. The topological polar surface area (TPSA) is 50.9 Å². The Morgan fingerprint density at radius 2 is 2.31 bits per heavy atom. The van der Waals surface area contributed by atoms with Gasteiger partial charge in [0.25, 0.3) is 0 Å². The molecule has 0 saturated heterocycles. The van der Waals surface area contributed by atoms with Crippen molar-refractivity contribution in [2.75, 3.05) is 23.1 Å². The molecule has 0 aliphatic carbocycles. The van der Waals surface area contributed by atoms with Gasteiger partial charge in [-0.05, 0) is 41.1 Å². The number of hydrogen-bond acceptors (Lipinski definition) is 4. The van der Waals surface area contributed by atoms with E-state index in [9.17, 15) is 0 Å². The number of nitrogens with two attached hydrogens (primary N) is 1. The van der Waals surface area contributed by atoms with Gasteiger partial charge >= 0.3 is 0 Å². The van der Waals surface area contributed by atoms with E-state index in [2.05, 4.69) is 39.4 Å². The second-order valence-corrected chi connectivity index (χ2v) is 5.41. The first-order valence-electron chi connectivity index (χ1n) is 5.26. The number of halogens is 1. The van der Waals surface area contributed by atoms with Crippen molar-refractivity contribution < 1.29 is 0 Å². The van der Waals surface area contributed by atoms with Gasteiger partial charge in [0.05, 0.1) is 16.4 Å². The standard InChI is InChI=1S/C11H18BrN3S/c1-4-8(6-16-3)15-11-10(12)7(2)9(13)5-14-11/h5,8H,4,6,13H2,1-3H3,(H,14,15). The van der Waals surface area contributed by atoms with E-state index in [1.807, 2.05) is 18.7 Å². The van der Waals surface area contributed by atoms with Crippen LogP contribution in [-0.2, 0) is 0 Å². The lowest BCUT2D eigenvalue weighted by Gasteiger charge is -2.18. The van der Waals surface area contributed by atoms with Crippen LogP contribution >= 0.6 is 27.7 Å². The predicted octanol–water partition coefficient (Wildman–Crippen LogP) is 3.29. The number of nitrogen functional groups attached to an aromatic ring is 1. The van der Waals surface area contributed by atoms with Crippen molar-refractivity contribution in [1.82, 2.24) is 4.98 Å². The molecule has 0 amide bonds. The van der Waals surface area contributed by atoms with Gasteiger partial charge in [0.15, 0.2) is 0 Å². The number of pyridine rings is 1.